The largest absolute Gasteiger partial charge is 0.483 e. The molecule has 0 saturated carbocycles. The monoisotopic (exact) mass is 544 g/mol. The van der Waals surface area contributed by atoms with Crippen LogP contribution in [0, 0.1) is 0 Å². The molecule has 0 aromatic heterocycles. The highest BCUT2D eigenvalue weighted by Crippen LogP contribution is 2.25. The topological polar surface area (TPSA) is 58.6 Å². The third-order valence-electron chi connectivity index (χ3n) is 5.99. The molecule has 36 heavy (non-hydrogen) atoms. The number of carbonyl (C=O) groups excluding carboxylic acids is 2. The molecule has 184 valence electrons. The van der Waals surface area contributed by atoms with E-state index in [1.165, 1.54) is 0 Å². The van der Waals surface area contributed by atoms with Crippen molar-refractivity contribution in [3.63, 3.8) is 0 Å². The Kier molecular flexibility index (Phi) is 8.74. The van der Waals surface area contributed by atoms with E-state index in [0.29, 0.717) is 25.3 Å². The number of hydrogen-bond acceptors (Lipinski definition) is 3. The van der Waals surface area contributed by atoms with Gasteiger partial charge >= 0.3 is 0 Å². The fourth-order valence-electron chi connectivity index (χ4n) is 4.18. The van der Waals surface area contributed by atoms with Gasteiger partial charge in [-0.15, -0.1) is 0 Å². The van der Waals surface area contributed by atoms with Crippen LogP contribution in [0.25, 0.3) is 10.8 Å². The van der Waals surface area contributed by atoms with Gasteiger partial charge in [-0.1, -0.05) is 94.8 Å². The van der Waals surface area contributed by atoms with E-state index in [-0.39, 0.29) is 18.4 Å². The number of fused-ring (bicyclic) bond motifs is 1. The Labute approximate surface area is 220 Å². The molecule has 0 aliphatic carbocycles. The van der Waals surface area contributed by atoms with E-state index in [0.717, 1.165) is 26.4 Å². The summed E-state index contributed by atoms with van der Waals surface area (Å²) >= 11 is 3.46. The molecule has 0 heterocycles. The highest BCUT2D eigenvalue weighted by atomic mass is 79.9. The normalized spacial score (nSPS) is 11.6. The number of amides is 2. The van der Waals surface area contributed by atoms with Crippen molar-refractivity contribution >= 4 is 38.5 Å². The standard InChI is InChI=1S/C30H29BrN2O3/c1-2-32-30(35)27(19-22-9-4-3-5-10-22)33(20-23-15-17-25(31)18-16-23)29(34)21-36-28-14-8-12-24-11-6-7-13-26(24)28/h3-18,27H,2,19-21H2,1H3,(H,32,35)/t27-/m0/s1. The Bertz CT molecular complexity index is 1300. The molecule has 5 nitrogen and oxygen atoms in total. The van der Waals surface area contributed by atoms with Gasteiger partial charge < -0.3 is 15.0 Å². The van der Waals surface area contributed by atoms with Crippen molar-refractivity contribution in [2.24, 2.45) is 0 Å². The molecule has 0 unspecified atom stereocenters. The number of likely N-dealkylation sites (N-methyl/N-ethyl adjacent to an activating group) is 1. The molecule has 4 rings (SSSR count). The van der Waals surface area contributed by atoms with E-state index >= 15 is 0 Å². The summed E-state index contributed by atoms with van der Waals surface area (Å²) in [6, 6.07) is 30.5. The fourth-order valence-corrected chi connectivity index (χ4v) is 4.44. The fraction of sp³-hybridized carbons (Fsp3) is 0.200. The van der Waals surface area contributed by atoms with E-state index < -0.39 is 6.04 Å². The van der Waals surface area contributed by atoms with Crippen molar-refractivity contribution in [1.29, 1.82) is 0 Å². The molecule has 1 atom stereocenters. The third kappa shape index (κ3) is 6.52. The Balaban J connectivity index is 1.62. The number of rotatable bonds is 10. The number of halogens is 1. The number of hydrogen-bond donors (Lipinski definition) is 1. The molecule has 0 aliphatic heterocycles. The van der Waals surface area contributed by atoms with E-state index in [1.54, 1.807) is 4.90 Å². The van der Waals surface area contributed by atoms with Gasteiger partial charge in [0.2, 0.25) is 5.91 Å². The third-order valence-corrected chi connectivity index (χ3v) is 6.52. The van der Waals surface area contributed by atoms with E-state index in [1.807, 2.05) is 104 Å². The van der Waals surface area contributed by atoms with E-state index in [9.17, 15) is 9.59 Å². The molecule has 0 spiro atoms. The number of benzene rings is 4. The van der Waals surface area contributed by atoms with Gasteiger partial charge in [-0.2, -0.15) is 0 Å². The van der Waals surface area contributed by atoms with E-state index in [4.69, 9.17) is 4.74 Å². The second kappa shape index (κ2) is 12.4. The summed E-state index contributed by atoms with van der Waals surface area (Å²) < 4.78 is 6.98. The van der Waals surface area contributed by atoms with Crippen molar-refractivity contribution in [3.8, 4) is 5.75 Å². The highest BCUT2D eigenvalue weighted by molar-refractivity contribution is 9.10. The summed E-state index contributed by atoms with van der Waals surface area (Å²) in [5.74, 6) is 0.206. The van der Waals surface area contributed by atoms with Crippen LogP contribution in [0.4, 0.5) is 0 Å². The average molecular weight is 545 g/mol. The average Bonchev–Trinajstić information content (AvgIpc) is 2.91. The molecule has 4 aromatic carbocycles. The molecule has 0 saturated heterocycles. The maximum Gasteiger partial charge on any atom is 0.261 e. The number of carbonyl (C=O) groups is 2. The Morgan fingerprint density at radius 1 is 0.861 bits per heavy atom. The summed E-state index contributed by atoms with van der Waals surface area (Å²) in [6.07, 6.45) is 0.406. The van der Waals surface area contributed by atoms with Gasteiger partial charge in [0.1, 0.15) is 11.8 Å². The molecule has 2 amide bonds. The van der Waals surface area contributed by atoms with Crippen LogP contribution in [0.3, 0.4) is 0 Å². The quantitative estimate of drug-likeness (QED) is 0.276. The zero-order chi connectivity index (χ0) is 25.3. The summed E-state index contributed by atoms with van der Waals surface area (Å²) in [5.41, 5.74) is 1.91. The first-order valence-electron chi connectivity index (χ1n) is 12.0. The van der Waals surface area contributed by atoms with Gasteiger partial charge in [-0.05, 0) is 41.6 Å². The van der Waals surface area contributed by atoms with Gasteiger partial charge in [0.25, 0.3) is 5.91 Å². The number of ether oxygens (including phenoxy) is 1. The zero-order valence-corrected chi connectivity index (χ0v) is 21.8. The van der Waals surface area contributed by atoms with Gasteiger partial charge in [-0.25, -0.2) is 0 Å². The number of nitrogens with zero attached hydrogens (tertiary/aromatic N) is 1. The van der Waals surface area contributed by atoms with E-state index in [2.05, 4.69) is 21.2 Å². The Morgan fingerprint density at radius 3 is 2.31 bits per heavy atom. The maximum atomic E-state index is 13.7. The van der Waals surface area contributed by atoms with Gasteiger partial charge in [-0.3, -0.25) is 9.59 Å². The van der Waals surface area contributed by atoms with Crippen LogP contribution in [0.5, 0.6) is 5.75 Å². The molecule has 6 heteroatoms. The highest BCUT2D eigenvalue weighted by Gasteiger charge is 2.30. The lowest BCUT2D eigenvalue weighted by molar-refractivity contribution is -0.142. The van der Waals surface area contributed by atoms with Crippen molar-refractivity contribution in [3.05, 3.63) is 113 Å². The minimum atomic E-state index is -0.681. The predicted octanol–water partition coefficient (Wildman–Crippen LogP) is 5.76. The zero-order valence-electron chi connectivity index (χ0n) is 20.2. The molecule has 0 radical (unpaired) electrons. The van der Waals surface area contributed by atoms with Crippen molar-refractivity contribution in [2.45, 2.75) is 25.9 Å². The molecule has 0 bridgehead atoms. The molecule has 0 fully saturated rings. The van der Waals surface area contributed by atoms with Crippen LogP contribution >= 0.6 is 15.9 Å². The lowest BCUT2D eigenvalue weighted by atomic mass is 10.0. The minimum absolute atomic E-state index is 0.171. The van der Waals surface area contributed by atoms with Crippen LogP contribution in [0.2, 0.25) is 0 Å². The lowest BCUT2D eigenvalue weighted by Gasteiger charge is -2.31. The second-order valence-electron chi connectivity index (χ2n) is 8.51. The molecule has 0 aliphatic rings. The van der Waals surface area contributed by atoms with Crippen LogP contribution in [0.1, 0.15) is 18.1 Å². The van der Waals surface area contributed by atoms with Crippen molar-refractivity contribution < 1.29 is 14.3 Å². The predicted molar refractivity (Wildman–Crippen MR) is 147 cm³/mol. The first kappa shape index (κ1) is 25.5. The second-order valence-corrected chi connectivity index (χ2v) is 9.43. The first-order valence-corrected chi connectivity index (χ1v) is 12.8. The van der Waals surface area contributed by atoms with Crippen molar-refractivity contribution in [2.75, 3.05) is 13.2 Å². The summed E-state index contributed by atoms with van der Waals surface area (Å²) in [4.78, 5) is 28.5. The van der Waals surface area contributed by atoms with Gasteiger partial charge in [0, 0.05) is 29.4 Å². The molecular weight excluding hydrogens is 516 g/mol. The maximum absolute atomic E-state index is 13.7. The molecular formula is C30H29BrN2O3. The van der Waals surface area contributed by atoms with Crippen LogP contribution < -0.4 is 10.1 Å². The minimum Gasteiger partial charge on any atom is -0.483 e. The summed E-state index contributed by atoms with van der Waals surface area (Å²) in [7, 11) is 0. The smallest absolute Gasteiger partial charge is 0.261 e. The van der Waals surface area contributed by atoms with Crippen LogP contribution in [-0.2, 0) is 22.6 Å². The summed E-state index contributed by atoms with van der Waals surface area (Å²) in [6.45, 7) is 2.48. The van der Waals surface area contributed by atoms with Crippen molar-refractivity contribution in [1.82, 2.24) is 10.2 Å². The SMILES string of the molecule is CCNC(=O)[C@H](Cc1ccccc1)N(Cc1ccc(Br)cc1)C(=O)COc1cccc2ccccc12. The number of nitrogens with one attached hydrogen (secondary N) is 1. The lowest BCUT2D eigenvalue weighted by Crippen LogP contribution is -2.51. The molecule has 1 N–H and O–H groups in total. The molecule has 4 aromatic rings. The van der Waals surface area contributed by atoms with Gasteiger partial charge in [0.15, 0.2) is 6.61 Å². The first-order chi connectivity index (χ1) is 17.5. The summed E-state index contributed by atoms with van der Waals surface area (Å²) in [5, 5.41) is 4.89. The Morgan fingerprint density at radius 2 is 1.56 bits per heavy atom. The van der Waals surface area contributed by atoms with Crippen LogP contribution in [-0.4, -0.2) is 35.9 Å². The van der Waals surface area contributed by atoms with Crippen LogP contribution in [0.15, 0.2) is 102 Å². The Hall–Kier alpha value is -3.64. The van der Waals surface area contributed by atoms with Gasteiger partial charge in [0.05, 0.1) is 0 Å².